The second-order valence-corrected chi connectivity index (χ2v) is 2.24. The second-order valence-electron chi connectivity index (χ2n) is 2.24. The van der Waals surface area contributed by atoms with Gasteiger partial charge in [-0.1, -0.05) is 6.92 Å². The molecule has 1 rings (SSSR count). The van der Waals surface area contributed by atoms with Gasteiger partial charge in [0.05, 0.1) is 0 Å². The molecule has 1 saturated carbocycles. The average Bonchev–Trinajstić information content (AvgIpc) is 2.44. The molecular formula is C6H9O. The molecule has 1 unspecified atom stereocenters. The summed E-state index contributed by atoms with van der Waals surface area (Å²) in [5.41, 5.74) is 0. The third kappa shape index (κ3) is 1.02. The summed E-state index contributed by atoms with van der Waals surface area (Å²) in [4.78, 5) is 9.86. The van der Waals surface area contributed by atoms with Gasteiger partial charge in [0.15, 0.2) is 0 Å². The minimum Gasteiger partial charge on any atom is -0.291 e. The van der Waals surface area contributed by atoms with Crippen LogP contribution in [0.15, 0.2) is 0 Å². The summed E-state index contributed by atoms with van der Waals surface area (Å²) in [7, 11) is 0. The lowest BCUT2D eigenvalue weighted by molar-refractivity contribution is 0.513. The molecule has 0 aromatic heterocycles. The molecule has 0 aliphatic heterocycles. The van der Waals surface area contributed by atoms with Crippen molar-refractivity contribution in [1.29, 1.82) is 0 Å². The van der Waals surface area contributed by atoms with Crippen LogP contribution in [0.25, 0.3) is 0 Å². The van der Waals surface area contributed by atoms with Crippen molar-refractivity contribution in [2.24, 2.45) is 11.8 Å². The second kappa shape index (κ2) is 1.65. The first-order valence-electron chi connectivity index (χ1n) is 2.72. The van der Waals surface area contributed by atoms with Crippen LogP contribution in [0.5, 0.6) is 0 Å². The van der Waals surface area contributed by atoms with Crippen molar-refractivity contribution in [2.75, 3.05) is 0 Å². The number of carbonyl (C=O) groups excluding carboxylic acids is 1. The van der Waals surface area contributed by atoms with Crippen LogP contribution < -0.4 is 0 Å². The first-order valence-corrected chi connectivity index (χ1v) is 2.72. The molecule has 1 atom stereocenters. The minimum atomic E-state index is 0.208. The van der Waals surface area contributed by atoms with E-state index >= 15 is 0 Å². The SMILES string of the molecule is CC([C]=O)C1CC1. The highest BCUT2D eigenvalue weighted by molar-refractivity contribution is 5.54. The molecule has 1 radical (unpaired) electrons. The van der Waals surface area contributed by atoms with Crippen LogP contribution in [0.1, 0.15) is 19.8 Å². The van der Waals surface area contributed by atoms with Crippen LogP contribution in [0.4, 0.5) is 0 Å². The zero-order valence-electron chi connectivity index (χ0n) is 4.48. The van der Waals surface area contributed by atoms with Crippen molar-refractivity contribution >= 4 is 6.29 Å². The normalized spacial score (nSPS) is 24.1. The van der Waals surface area contributed by atoms with Crippen molar-refractivity contribution in [3.05, 3.63) is 0 Å². The Kier molecular flexibility index (Phi) is 1.13. The van der Waals surface area contributed by atoms with Crippen LogP contribution in [-0.4, -0.2) is 6.29 Å². The maximum Gasteiger partial charge on any atom is 0.201 e. The fourth-order valence-electron chi connectivity index (χ4n) is 0.692. The molecule has 0 amide bonds. The van der Waals surface area contributed by atoms with Gasteiger partial charge in [-0.15, -0.1) is 0 Å². The predicted octanol–water partition coefficient (Wildman–Crippen LogP) is 1.14. The molecule has 0 bridgehead atoms. The molecule has 1 heteroatoms. The zero-order valence-corrected chi connectivity index (χ0v) is 4.48. The molecule has 39 valence electrons. The molecule has 0 N–H and O–H groups in total. The minimum absolute atomic E-state index is 0.208. The van der Waals surface area contributed by atoms with E-state index in [-0.39, 0.29) is 5.92 Å². The highest BCUT2D eigenvalue weighted by Crippen LogP contribution is 2.35. The Morgan fingerprint density at radius 3 is 2.43 bits per heavy atom. The van der Waals surface area contributed by atoms with Gasteiger partial charge in [-0.05, 0) is 18.8 Å². The van der Waals surface area contributed by atoms with Crippen molar-refractivity contribution in [1.82, 2.24) is 0 Å². The largest absolute Gasteiger partial charge is 0.291 e. The fourth-order valence-corrected chi connectivity index (χ4v) is 0.692. The lowest BCUT2D eigenvalue weighted by Gasteiger charge is -1.91. The van der Waals surface area contributed by atoms with Gasteiger partial charge in [0, 0.05) is 5.92 Å². The van der Waals surface area contributed by atoms with Crippen molar-refractivity contribution in [2.45, 2.75) is 19.8 Å². The molecule has 1 nitrogen and oxygen atoms in total. The molecule has 0 saturated heterocycles. The Balaban J connectivity index is 2.22. The lowest BCUT2D eigenvalue weighted by atomic mass is 10.1. The maximum absolute atomic E-state index is 9.86. The van der Waals surface area contributed by atoms with E-state index in [1.165, 1.54) is 12.8 Å². The Hall–Kier alpha value is -0.330. The highest BCUT2D eigenvalue weighted by Gasteiger charge is 2.27. The average molecular weight is 97.1 g/mol. The van der Waals surface area contributed by atoms with Gasteiger partial charge in [0.25, 0.3) is 0 Å². The van der Waals surface area contributed by atoms with Crippen LogP contribution in [0.2, 0.25) is 0 Å². The van der Waals surface area contributed by atoms with Gasteiger partial charge in [0.2, 0.25) is 6.29 Å². The van der Waals surface area contributed by atoms with Gasteiger partial charge < -0.3 is 0 Å². The smallest absolute Gasteiger partial charge is 0.201 e. The van der Waals surface area contributed by atoms with E-state index in [2.05, 4.69) is 0 Å². The molecule has 0 aromatic carbocycles. The molecular weight excluding hydrogens is 88.1 g/mol. The topological polar surface area (TPSA) is 17.1 Å². The highest BCUT2D eigenvalue weighted by atomic mass is 16.1. The van der Waals surface area contributed by atoms with Gasteiger partial charge >= 0.3 is 0 Å². The summed E-state index contributed by atoms with van der Waals surface area (Å²) in [5.74, 6) is 0.900. The third-order valence-electron chi connectivity index (χ3n) is 1.52. The summed E-state index contributed by atoms with van der Waals surface area (Å²) in [6.45, 7) is 1.94. The van der Waals surface area contributed by atoms with Crippen molar-refractivity contribution < 1.29 is 4.79 Å². The van der Waals surface area contributed by atoms with E-state index in [0.717, 1.165) is 0 Å². The van der Waals surface area contributed by atoms with Gasteiger partial charge in [0.1, 0.15) is 0 Å². The van der Waals surface area contributed by atoms with Crippen molar-refractivity contribution in [3.8, 4) is 0 Å². The summed E-state index contributed by atoms with van der Waals surface area (Å²) in [6.07, 6.45) is 4.47. The van der Waals surface area contributed by atoms with E-state index in [0.29, 0.717) is 5.92 Å². The monoisotopic (exact) mass is 97.1 g/mol. The zero-order chi connectivity index (χ0) is 5.28. The van der Waals surface area contributed by atoms with Gasteiger partial charge in [-0.3, -0.25) is 4.79 Å². The van der Waals surface area contributed by atoms with E-state index in [9.17, 15) is 4.79 Å². The molecule has 0 spiro atoms. The van der Waals surface area contributed by atoms with E-state index in [1.54, 1.807) is 0 Å². The lowest BCUT2D eigenvalue weighted by Crippen LogP contribution is -1.95. The van der Waals surface area contributed by atoms with Gasteiger partial charge in [-0.2, -0.15) is 0 Å². The first kappa shape index (κ1) is 4.82. The van der Waals surface area contributed by atoms with Crippen LogP contribution in [0.3, 0.4) is 0 Å². The molecule has 7 heavy (non-hydrogen) atoms. The molecule has 0 heterocycles. The number of rotatable bonds is 2. The Bertz CT molecular complexity index is 74.2. The number of hydrogen-bond donors (Lipinski definition) is 0. The molecule has 1 aliphatic rings. The van der Waals surface area contributed by atoms with E-state index in [1.807, 2.05) is 13.2 Å². The van der Waals surface area contributed by atoms with Crippen LogP contribution in [0, 0.1) is 11.8 Å². The Morgan fingerprint density at radius 2 is 2.29 bits per heavy atom. The molecule has 0 aromatic rings. The summed E-state index contributed by atoms with van der Waals surface area (Å²) in [6, 6.07) is 0. The fraction of sp³-hybridized carbons (Fsp3) is 0.833. The molecule has 1 fully saturated rings. The quantitative estimate of drug-likeness (QED) is 0.505. The summed E-state index contributed by atoms with van der Waals surface area (Å²) < 4.78 is 0. The Labute approximate surface area is 43.7 Å². The molecule has 1 aliphatic carbocycles. The van der Waals surface area contributed by atoms with E-state index < -0.39 is 0 Å². The summed E-state index contributed by atoms with van der Waals surface area (Å²) >= 11 is 0. The first-order chi connectivity index (χ1) is 3.34. The maximum atomic E-state index is 9.86. The van der Waals surface area contributed by atoms with Crippen LogP contribution in [-0.2, 0) is 4.79 Å². The number of hydrogen-bond acceptors (Lipinski definition) is 1. The van der Waals surface area contributed by atoms with E-state index in [4.69, 9.17) is 0 Å². The van der Waals surface area contributed by atoms with Crippen LogP contribution >= 0.6 is 0 Å². The third-order valence-corrected chi connectivity index (χ3v) is 1.52. The van der Waals surface area contributed by atoms with Crippen molar-refractivity contribution in [3.63, 3.8) is 0 Å². The predicted molar refractivity (Wildman–Crippen MR) is 27.6 cm³/mol. The Morgan fingerprint density at radius 1 is 1.71 bits per heavy atom. The summed E-state index contributed by atoms with van der Waals surface area (Å²) in [5, 5.41) is 0. The standard InChI is InChI=1S/C6H9O/c1-5(4-7)6-2-3-6/h5-6H,2-3H2,1H3. The van der Waals surface area contributed by atoms with Gasteiger partial charge in [-0.25, -0.2) is 0 Å².